The van der Waals surface area contributed by atoms with Crippen LogP contribution in [0.25, 0.3) is 0 Å². The van der Waals surface area contributed by atoms with Gasteiger partial charge in [0.1, 0.15) is 0 Å². The van der Waals surface area contributed by atoms with E-state index in [1.54, 1.807) is 0 Å². The van der Waals surface area contributed by atoms with Gasteiger partial charge in [0.25, 0.3) is 0 Å². The van der Waals surface area contributed by atoms with Crippen molar-refractivity contribution in [3.8, 4) is 0 Å². The van der Waals surface area contributed by atoms with Crippen LogP contribution in [0.4, 0.5) is 0 Å². The van der Waals surface area contributed by atoms with Gasteiger partial charge in [-0.2, -0.15) is 0 Å². The van der Waals surface area contributed by atoms with Crippen LogP contribution in [0.5, 0.6) is 0 Å². The summed E-state index contributed by atoms with van der Waals surface area (Å²) in [6.45, 7) is 3.06. The first-order valence-corrected chi connectivity index (χ1v) is 8.78. The van der Waals surface area contributed by atoms with Gasteiger partial charge in [-0.3, -0.25) is 0 Å². The SMILES string of the molecule is CCNC(Cc1ccc(Br)cc1Cl)c1ccc(I)cc1. The predicted octanol–water partition coefficient (Wildman–Crippen LogP) is 5.60. The molecule has 0 fully saturated rings. The highest BCUT2D eigenvalue weighted by Crippen LogP contribution is 2.26. The minimum atomic E-state index is 0.288. The van der Waals surface area contributed by atoms with E-state index in [9.17, 15) is 0 Å². The molecule has 1 atom stereocenters. The summed E-state index contributed by atoms with van der Waals surface area (Å²) < 4.78 is 2.27. The fraction of sp³-hybridized carbons (Fsp3) is 0.250. The maximum absolute atomic E-state index is 6.33. The topological polar surface area (TPSA) is 12.0 Å². The molecule has 4 heteroatoms. The first kappa shape index (κ1) is 16.3. The van der Waals surface area contributed by atoms with E-state index in [0.717, 1.165) is 22.5 Å². The molecule has 2 aromatic rings. The molecule has 1 unspecified atom stereocenters. The van der Waals surface area contributed by atoms with E-state index in [-0.39, 0.29) is 6.04 Å². The van der Waals surface area contributed by atoms with Crippen molar-refractivity contribution in [2.45, 2.75) is 19.4 Å². The van der Waals surface area contributed by atoms with Crippen LogP contribution in [0.15, 0.2) is 46.9 Å². The summed E-state index contributed by atoms with van der Waals surface area (Å²) >= 11 is 12.1. The molecule has 1 N–H and O–H groups in total. The quantitative estimate of drug-likeness (QED) is 0.568. The Balaban J connectivity index is 2.22. The van der Waals surface area contributed by atoms with Crippen molar-refractivity contribution < 1.29 is 0 Å². The Bertz CT molecular complexity index is 571. The number of nitrogens with one attached hydrogen (secondary N) is 1. The highest BCUT2D eigenvalue weighted by atomic mass is 127. The molecule has 106 valence electrons. The zero-order valence-corrected chi connectivity index (χ0v) is 15.7. The molecule has 20 heavy (non-hydrogen) atoms. The Morgan fingerprint density at radius 2 is 1.90 bits per heavy atom. The Hall–Kier alpha value is -0.100. The normalized spacial score (nSPS) is 12.4. The number of rotatable bonds is 5. The molecule has 0 bridgehead atoms. The van der Waals surface area contributed by atoms with Crippen LogP contribution < -0.4 is 5.32 Å². The van der Waals surface area contributed by atoms with Gasteiger partial charge < -0.3 is 5.32 Å². The maximum Gasteiger partial charge on any atom is 0.0449 e. The summed E-state index contributed by atoms with van der Waals surface area (Å²) in [5.74, 6) is 0. The molecule has 0 aromatic heterocycles. The second-order valence-corrected chi connectivity index (χ2v) is 7.17. The fourth-order valence-electron chi connectivity index (χ4n) is 2.16. The second-order valence-electron chi connectivity index (χ2n) is 4.60. The zero-order valence-electron chi connectivity index (χ0n) is 11.2. The molecule has 0 spiro atoms. The van der Waals surface area contributed by atoms with Crippen molar-refractivity contribution in [3.63, 3.8) is 0 Å². The molecule has 0 aliphatic heterocycles. The van der Waals surface area contributed by atoms with Gasteiger partial charge >= 0.3 is 0 Å². The van der Waals surface area contributed by atoms with Crippen LogP contribution in [0.3, 0.4) is 0 Å². The highest BCUT2D eigenvalue weighted by molar-refractivity contribution is 14.1. The lowest BCUT2D eigenvalue weighted by Crippen LogP contribution is -2.23. The number of halogens is 3. The highest BCUT2D eigenvalue weighted by Gasteiger charge is 2.13. The molecule has 0 aliphatic rings. The van der Waals surface area contributed by atoms with Crippen molar-refractivity contribution in [1.82, 2.24) is 5.32 Å². The molecule has 0 amide bonds. The Kier molecular flexibility index (Phi) is 6.33. The van der Waals surface area contributed by atoms with Gasteiger partial charge in [-0.1, -0.05) is 52.7 Å². The van der Waals surface area contributed by atoms with E-state index in [1.165, 1.54) is 14.7 Å². The average Bonchev–Trinajstić information content (AvgIpc) is 2.42. The molecule has 2 aromatic carbocycles. The van der Waals surface area contributed by atoms with Gasteiger partial charge in [0.05, 0.1) is 0 Å². The molecule has 0 heterocycles. The Morgan fingerprint density at radius 3 is 2.50 bits per heavy atom. The number of benzene rings is 2. The fourth-order valence-corrected chi connectivity index (χ4v) is 3.27. The summed E-state index contributed by atoms with van der Waals surface area (Å²) in [5, 5.41) is 4.35. The van der Waals surface area contributed by atoms with Crippen LogP contribution in [0, 0.1) is 3.57 Å². The third kappa shape index (κ3) is 4.45. The molecule has 1 nitrogen and oxygen atoms in total. The van der Waals surface area contributed by atoms with Crippen molar-refractivity contribution in [2.75, 3.05) is 6.54 Å². The van der Waals surface area contributed by atoms with Crippen molar-refractivity contribution in [2.24, 2.45) is 0 Å². The third-order valence-corrected chi connectivity index (χ3v) is 4.73. The van der Waals surface area contributed by atoms with Gasteiger partial charge in [0.15, 0.2) is 0 Å². The van der Waals surface area contributed by atoms with Crippen LogP contribution in [0.1, 0.15) is 24.1 Å². The van der Waals surface area contributed by atoms with Crippen LogP contribution in [-0.4, -0.2) is 6.54 Å². The number of hydrogen-bond acceptors (Lipinski definition) is 1. The van der Waals surface area contributed by atoms with E-state index in [4.69, 9.17) is 11.6 Å². The van der Waals surface area contributed by atoms with E-state index in [2.05, 4.69) is 81.1 Å². The smallest absolute Gasteiger partial charge is 0.0449 e. The minimum absolute atomic E-state index is 0.288. The number of hydrogen-bond donors (Lipinski definition) is 1. The standard InChI is InChI=1S/C16H16BrClIN/c1-2-20-16(11-4-7-14(19)8-5-11)9-12-3-6-13(17)10-15(12)18/h3-8,10,16,20H,2,9H2,1H3. The van der Waals surface area contributed by atoms with Gasteiger partial charge in [0, 0.05) is 19.1 Å². The summed E-state index contributed by atoms with van der Waals surface area (Å²) in [7, 11) is 0. The predicted molar refractivity (Wildman–Crippen MR) is 98.4 cm³/mol. The van der Waals surface area contributed by atoms with Gasteiger partial charge in [-0.25, -0.2) is 0 Å². The summed E-state index contributed by atoms with van der Waals surface area (Å²) in [6.07, 6.45) is 0.889. The van der Waals surface area contributed by atoms with Crippen molar-refractivity contribution in [3.05, 3.63) is 66.7 Å². The molecular weight excluding hydrogens is 448 g/mol. The largest absolute Gasteiger partial charge is 0.310 e. The van der Waals surface area contributed by atoms with E-state index in [1.807, 2.05) is 12.1 Å². The molecule has 0 saturated heterocycles. The Labute approximate surface area is 147 Å². The molecule has 0 saturated carbocycles. The molecule has 0 aliphatic carbocycles. The van der Waals surface area contributed by atoms with Crippen LogP contribution in [-0.2, 0) is 6.42 Å². The maximum atomic E-state index is 6.33. The van der Waals surface area contributed by atoms with E-state index in [0.29, 0.717) is 0 Å². The minimum Gasteiger partial charge on any atom is -0.310 e. The lowest BCUT2D eigenvalue weighted by molar-refractivity contribution is 0.550. The van der Waals surface area contributed by atoms with Crippen LogP contribution >= 0.6 is 50.1 Å². The molecular formula is C16H16BrClIN. The van der Waals surface area contributed by atoms with E-state index >= 15 is 0 Å². The average molecular weight is 465 g/mol. The Morgan fingerprint density at radius 1 is 1.20 bits per heavy atom. The number of likely N-dealkylation sites (N-methyl/N-ethyl adjacent to an activating group) is 1. The lowest BCUT2D eigenvalue weighted by Gasteiger charge is -2.19. The molecule has 0 radical (unpaired) electrons. The van der Waals surface area contributed by atoms with Crippen molar-refractivity contribution >= 4 is 50.1 Å². The van der Waals surface area contributed by atoms with Crippen LogP contribution in [0.2, 0.25) is 5.02 Å². The monoisotopic (exact) mass is 463 g/mol. The zero-order chi connectivity index (χ0) is 14.5. The summed E-state index contributed by atoms with van der Waals surface area (Å²) in [6, 6.07) is 15.0. The third-order valence-electron chi connectivity index (χ3n) is 3.16. The summed E-state index contributed by atoms with van der Waals surface area (Å²) in [4.78, 5) is 0. The first-order valence-electron chi connectivity index (χ1n) is 6.53. The van der Waals surface area contributed by atoms with E-state index < -0.39 is 0 Å². The first-order chi connectivity index (χ1) is 9.60. The van der Waals surface area contributed by atoms with Crippen molar-refractivity contribution in [1.29, 1.82) is 0 Å². The van der Waals surface area contributed by atoms with Gasteiger partial charge in [-0.15, -0.1) is 0 Å². The molecule has 2 rings (SSSR count). The summed E-state index contributed by atoms with van der Waals surface area (Å²) in [5.41, 5.74) is 2.46. The van der Waals surface area contributed by atoms with Gasteiger partial charge in [-0.05, 0) is 70.9 Å². The lowest BCUT2D eigenvalue weighted by atomic mass is 9.99. The second kappa shape index (κ2) is 7.78. The van der Waals surface area contributed by atoms with Gasteiger partial charge in [0.2, 0.25) is 0 Å².